The van der Waals surface area contributed by atoms with Crippen LogP contribution in [0.15, 0.2) is 42.0 Å². The first-order valence-corrected chi connectivity index (χ1v) is 17.0. The van der Waals surface area contributed by atoms with Gasteiger partial charge in [-0.3, -0.25) is 14.4 Å². The number of hydrogen-bond acceptors (Lipinski definition) is 6. The van der Waals surface area contributed by atoms with Crippen LogP contribution in [-0.4, -0.2) is 93.2 Å². The summed E-state index contributed by atoms with van der Waals surface area (Å²) in [4.78, 5) is 43.1. The Hall–Kier alpha value is -4.16. The van der Waals surface area contributed by atoms with Crippen LogP contribution in [0.5, 0.6) is 5.75 Å². The predicted octanol–water partition coefficient (Wildman–Crippen LogP) is 4.23. The van der Waals surface area contributed by atoms with E-state index >= 15 is 0 Å². The van der Waals surface area contributed by atoms with Gasteiger partial charge in [-0.1, -0.05) is 25.3 Å². The molecule has 1 aliphatic carbocycles. The highest BCUT2D eigenvalue weighted by molar-refractivity contribution is 7.87. The highest BCUT2D eigenvalue weighted by atomic mass is 32.2. The van der Waals surface area contributed by atoms with Crippen LogP contribution in [0.3, 0.4) is 0 Å². The van der Waals surface area contributed by atoms with Gasteiger partial charge in [0, 0.05) is 62.8 Å². The molecule has 1 N–H and O–H groups in total. The standard InChI is InChI=1S/C34H43N5O6S/c1-21(33(41)36(2)3)38(6)34(42)25-17-24-18-26(45-7)14-16-27(24)31-30(22-11-9-8-10-12-22)28-15-13-23(19-29(28)39(31)20-25)32(40)35-46(43,44)37(4)5/h13-19,21-22H,8-12,20H2,1-7H3,(H,35,40)/t21-/m1/s1. The first-order valence-electron chi connectivity index (χ1n) is 15.5. The largest absolute Gasteiger partial charge is 0.497 e. The van der Waals surface area contributed by atoms with Gasteiger partial charge in [0.05, 0.1) is 19.3 Å². The molecule has 2 aliphatic rings. The fraction of sp³-hybridized carbons (Fsp3) is 0.441. The summed E-state index contributed by atoms with van der Waals surface area (Å²) < 4.78 is 35.7. The van der Waals surface area contributed by atoms with Gasteiger partial charge in [-0.15, -0.1) is 0 Å². The highest BCUT2D eigenvalue weighted by Gasteiger charge is 2.33. The Morgan fingerprint density at radius 3 is 2.30 bits per heavy atom. The number of amides is 3. The number of carbonyl (C=O) groups is 3. The predicted molar refractivity (Wildman–Crippen MR) is 179 cm³/mol. The molecule has 2 heterocycles. The molecule has 2 aromatic carbocycles. The van der Waals surface area contributed by atoms with E-state index in [1.165, 1.54) is 35.9 Å². The lowest BCUT2D eigenvalue weighted by molar-refractivity contribution is -0.140. The summed E-state index contributed by atoms with van der Waals surface area (Å²) >= 11 is 0. The van der Waals surface area contributed by atoms with Crippen molar-refractivity contribution in [3.05, 3.63) is 58.7 Å². The minimum absolute atomic E-state index is 0.183. The molecule has 0 unspecified atom stereocenters. The van der Waals surface area contributed by atoms with Gasteiger partial charge in [-0.2, -0.15) is 12.7 Å². The molecule has 12 heteroatoms. The molecular formula is C34H43N5O6S. The number of carbonyl (C=O) groups excluding carboxylic acids is 3. The van der Waals surface area contributed by atoms with E-state index in [0.29, 0.717) is 11.3 Å². The number of hydrogen-bond donors (Lipinski definition) is 1. The van der Waals surface area contributed by atoms with E-state index in [-0.39, 0.29) is 29.8 Å². The van der Waals surface area contributed by atoms with Crippen molar-refractivity contribution >= 4 is 44.9 Å². The molecule has 1 aromatic heterocycles. The monoisotopic (exact) mass is 649 g/mol. The summed E-state index contributed by atoms with van der Waals surface area (Å²) in [5.41, 5.74) is 5.27. The van der Waals surface area contributed by atoms with E-state index in [1.807, 2.05) is 30.3 Å². The summed E-state index contributed by atoms with van der Waals surface area (Å²) in [5.74, 6) is -0.310. The number of nitrogens with zero attached hydrogens (tertiary/aromatic N) is 4. The molecule has 1 saturated carbocycles. The third-order valence-corrected chi connectivity index (χ3v) is 10.6. The average molecular weight is 650 g/mol. The second-order valence-electron chi connectivity index (χ2n) is 12.6. The molecule has 46 heavy (non-hydrogen) atoms. The Morgan fingerprint density at radius 2 is 1.67 bits per heavy atom. The van der Waals surface area contributed by atoms with Crippen LogP contribution >= 0.6 is 0 Å². The number of methoxy groups -OCH3 is 1. The highest BCUT2D eigenvalue weighted by Crippen LogP contribution is 2.47. The van der Waals surface area contributed by atoms with Gasteiger partial charge in [0.1, 0.15) is 11.8 Å². The Balaban J connectivity index is 1.74. The van der Waals surface area contributed by atoms with Crippen LogP contribution in [0.1, 0.15) is 66.4 Å². The van der Waals surface area contributed by atoms with Crippen molar-refractivity contribution in [1.29, 1.82) is 0 Å². The molecule has 0 bridgehead atoms. The first-order chi connectivity index (χ1) is 21.7. The SMILES string of the molecule is COc1ccc2c(c1)C=C(C(=O)N(C)[C@H](C)C(=O)N(C)C)Cn1c-2c(C2CCCCC2)c2ccc(C(=O)NS(=O)(=O)N(C)C)cc21. The Kier molecular flexibility index (Phi) is 9.33. The van der Waals surface area contributed by atoms with E-state index in [4.69, 9.17) is 4.74 Å². The number of nitrogens with one attached hydrogen (secondary N) is 1. The van der Waals surface area contributed by atoms with Gasteiger partial charge in [0.25, 0.3) is 11.8 Å². The zero-order valence-corrected chi connectivity index (χ0v) is 28.4. The van der Waals surface area contributed by atoms with Crippen LogP contribution in [0.2, 0.25) is 0 Å². The zero-order chi connectivity index (χ0) is 33.5. The van der Waals surface area contributed by atoms with Crippen molar-refractivity contribution in [1.82, 2.24) is 23.4 Å². The number of benzene rings is 2. The summed E-state index contributed by atoms with van der Waals surface area (Å²) in [6.07, 6.45) is 7.31. The number of ether oxygens (including phenoxy) is 1. The lowest BCUT2D eigenvalue weighted by atomic mass is 9.81. The van der Waals surface area contributed by atoms with E-state index in [0.717, 1.165) is 57.7 Å². The van der Waals surface area contributed by atoms with E-state index < -0.39 is 22.2 Å². The van der Waals surface area contributed by atoms with Crippen molar-refractivity contribution < 1.29 is 27.5 Å². The second-order valence-corrected chi connectivity index (χ2v) is 14.5. The van der Waals surface area contributed by atoms with E-state index in [1.54, 1.807) is 47.3 Å². The van der Waals surface area contributed by atoms with Crippen LogP contribution in [-0.2, 0) is 26.3 Å². The molecule has 0 saturated heterocycles. The minimum Gasteiger partial charge on any atom is -0.497 e. The maximum atomic E-state index is 14.1. The van der Waals surface area contributed by atoms with Crippen molar-refractivity contribution in [2.45, 2.75) is 57.5 Å². The van der Waals surface area contributed by atoms with Gasteiger partial charge < -0.3 is 19.1 Å². The van der Waals surface area contributed by atoms with Crippen molar-refractivity contribution in [2.75, 3.05) is 42.3 Å². The zero-order valence-electron chi connectivity index (χ0n) is 27.6. The van der Waals surface area contributed by atoms with Gasteiger partial charge in [0.15, 0.2) is 0 Å². The molecular weight excluding hydrogens is 606 g/mol. The van der Waals surface area contributed by atoms with Crippen molar-refractivity contribution in [2.24, 2.45) is 0 Å². The molecule has 3 aromatic rings. The molecule has 246 valence electrons. The topological polar surface area (TPSA) is 121 Å². The van der Waals surface area contributed by atoms with Gasteiger partial charge in [-0.05, 0) is 73.2 Å². The molecule has 3 amide bonds. The Morgan fingerprint density at radius 1 is 0.978 bits per heavy atom. The van der Waals surface area contributed by atoms with Gasteiger partial charge in [0.2, 0.25) is 5.91 Å². The molecule has 0 spiro atoms. The lowest BCUT2D eigenvalue weighted by Gasteiger charge is -2.27. The third kappa shape index (κ3) is 6.15. The van der Waals surface area contributed by atoms with Crippen LogP contribution in [0.4, 0.5) is 0 Å². The van der Waals surface area contributed by atoms with Crippen LogP contribution in [0.25, 0.3) is 28.2 Å². The number of aromatic nitrogens is 1. The molecule has 1 aliphatic heterocycles. The summed E-state index contributed by atoms with van der Waals surface area (Å²) in [7, 11) is 5.24. The summed E-state index contributed by atoms with van der Waals surface area (Å²) in [5, 5.41) is 0.967. The fourth-order valence-corrected chi connectivity index (χ4v) is 7.06. The molecule has 1 atom stereocenters. The lowest BCUT2D eigenvalue weighted by Crippen LogP contribution is -2.46. The molecule has 5 rings (SSSR count). The van der Waals surface area contributed by atoms with Gasteiger partial charge >= 0.3 is 10.2 Å². The number of likely N-dealkylation sites (N-methyl/N-ethyl adjacent to an activating group) is 2. The number of rotatable bonds is 8. The van der Waals surface area contributed by atoms with Gasteiger partial charge in [-0.25, -0.2) is 4.72 Å². The van der Waals surface area contributed by atoms with E-state index in [2.05, 4.69) is 9.29 Å². The Bertz CT molecular complexity index is 1840. The third-order valence-electron chi connectivity index (χ3n) is 9.23. The van der Waals surface area contributed by atoms with E-state index in [9.17, 15) is 22.8 Å². The maximum Gasteiger partial charge on any atom is 0.303 e. The van der Waals surface area contributed by atoms with Crippen molar-refractivity contribution in [3.63, 3.8) is 0 Å². The second kappa shape index (κ2) is 12.9. The van der Waals surface area contributed by atoms with Crippen LogP contribution in [0, 0.1) is 0 Å². The normalized spacial score (nSPS) is 15.8. The summed E-state index contributed by atoms with van der Waals surface area (Å²) in [6, 6.07) is 10.4. The summed E-state index contributed by atoms with van der Waals surface area (Å²) in [6.45, 7) is 1.89. The molecule has 0 radical (unpaired) electrons. The average Bonchev–Trinajstić information content (AvgIpc) is 3.25. The number of fused-ring (bicyclic) bond motifs is 5. The minimum atomic E-state index is -4.01. The molecule has 11 nitrogen and oxygen atoms in total. The van der Waals surface area contributed by atoms with Crippen molar-refractivity contribution in [3.8, 4) is 17.0 Å². The maximum absolute atomic E-state index is 14.1. The first kappa shape index (κ1) is 33.2. The fourth-order valence-electron chi connectivity index (χ4n) is 6.52. The smallest absolute Gasteiger partial charge is 0.303 e. The van der Waals surface area contributed by atoms with Crippen LogP contribution < -0.4 is 9.46 Å². The molecule has 1 fully saturated rings. The Labute approximate surface area is 271 Å². The quantitative estimate of drug-likeness (QED) is 0.390.